The number of nitrogens with one attached hydrogen (secondary N) is 1. The molecule has 1 aromatic heterocycles. The number of nitrogens with two attached hydrogens (primary N) is 1. The summed E-state index contributed by atoms with van der Waals surface area (Å²) in [6, 6.07) is 14.8. The van der Waals surface area contributed by atoms with E-state index in [0.717, 1.165) is 12.1 Å². The minimum atomic E-state index is -4.64. The van der Waals surface area contributed by atoms with Crippen molar-refractivity contribution >= 4 is 39.9 Å². The molecule has 0 saturated carbocycles. The van der Waals surface area contributed by atoms with E-state index in [1.54, 1.807) is 42.5 Å². The molecule has 0 aliphatic carbocycles. The van der Waals surface area contributed by atoms with Crippen LogP contribution in [0.1, 0.15) is 15.9 Å². The minimum absolute atomic E-state index is 0.0231. The molecule has 0 aliphatic heterocycles. The van der Waals surface area contributed by atoms with E-state index in [2.05, 4.69) is 15.3 Å². The van der Waals surface area contributed by atoms with Gasteiger partial charge in [0, 0.05) is 23.5 Å². The van der Waals surface area contributed by atoms with Crippen LogP contribution in [0.4, 0.5) is 24.8 Å². The summed E-state index contributed by atoms with van der Waals surface area (Å²) in [5.74, 6) is 0.219. The summed E-state index contributed by atoms with van der Waals surface area (Å²) < 4.78 is 44.9. The topological polar surface area (TPSA) is 90.1 Å². The molecular weight excluding hydrogens is 445 g/mol. The second kappa shape index (κ2) is 8.35. The second-order valence-electron chi connectivity index (χ2n) is 6.69. The lowest BCUT2D eigenvalue weighted by Gasteiger charge is -2.13. The van der Waals surface area contributed by atoms with Crippen molar-refractivity contribution in [3.05, 3.63) is 83.0 Å². The number of hydrogen-bond donors (Lipinski definition) is 2. The molecule has 1 heterocycles. The molecule has 4 aromatic rings. The number of amides is 1. The number of halogens is 4. The first kappa shape index (κ1) is 21.4. The highest BCUT2D eigenvalue weighted by atomic mass is 35.5. The van der Waals surface area contributed by atoms with Crippen molar-refractivity contribution in [2.24, 2.45) is 0 Å². The van der Waals surface area contributed by atoms with Gasteiger partial charge < -0.3 is 15.8 Å². The highest BCUT2D eigenvalue weighted by Crippen LogP contribution is 2.36. The van der Waals surface area contributed by atoms with E-state index in [-0.39, 0.29) is 23.1 Å². The van der Waals surface area contributed by atoms with E-state index in [0.29, 0.717) is 16.5 Å². The summed E-state index contributed by atoms with van der Waals surface area (Å²) in [6.07, 6.45) is -3.18. The van der Waals surface area contributed by atoms with Gasteiger partial charge in [0.25, 0.3) is 5.91 Å². The van der Waals surface area contributed by atoms with Crippen LogP contribution in [-0.2, 0) is 6.18 Å². The van der Waals surface area contributed by atoms with Crippen molar-refractivity contribution in [1.82, 2.24) is 9.97 Å². The van der Waals surface area contributed by atoms with Gasteiger partial charge in [0.1, 0.15) is 5.75 Å². The molecule has 6 nitrogen and oxygen atoms in total. The minimum Gasteiger partial charge on any atom is -0.439 e. The third-order valence-corrected chi connectivity index (χ3v) is 4.83. The summed E-state index contributed by atoms with van der Waals surface area (Å²) in [4.78, 5) is 20.6. The van der Waals surface area contributed by atoms with E-state index in [4.69, 9.17) is 22.1 Å². The van der Waals surface area contributed by atoms with Gasteiger partial charge in [-0.2, -0.15) is 18.2 Å². The van der Waals surface area contributed by atoms with Gasteiger partial charge in [-0.25, -0.2) is 4.98 Å². The van der Waals surface area contributed by atoms with Gasteiger partial charge in [-0.3, -0.25) is 4.79 Å². The van der Waals surface area contributed by atoms with Gasteiger partial charge >= 0.3 is 6.18 Å². The summed E-state index contributed by atoms with van der Waals surface area (Å²) in [6.45, 7) is 0. The average molecular weight is 459 g/mol. The largest absolute Gasteiger partial charge is 0.439 e. The Balaban J connectivity index is 1.61. The number of aromatic nitrogens is 2. The maximum Gasteiger partial charge on any atom is 0.417 e. The smallest absolute Gasteiger partial charge is 0.417 e. The Kier molecular flexibility index (Phi) is 5.58. The Labute approximate surface area is 184 Å². The molecule has 0 unspecified atom stereocenters. The number of benzene rings is 3. The molecule has 10 heteroatoms. The van der Waals surface area contributed by atoms with Crippen LogP contribution < -0.4 is 15.8 Å². The molecule has 0 spiro atoms. The maximum absolute atomic E-state index is 13.1. The summed E-state index contributed by atoms with van der Waals surface area (Å²) in [5.41, 5.74) is 4.78. The fraction of sp³-hybridized carbons (Fsp3) is 0.0455. The first-order valence-corrected chi connectivity index (χ1v) is 9.56. The van der Waals surface area contributed by atoms with E-state index in [1.165, 1.54) is 12.3 Å². The predicted molar refractivity (Wildman–Crippen MR) is 115 cm³/mol. The molecule has 32 heavy (non-hydrogen) atoms. The first-order valence-electron chi connectivity index (χ1n) is 9.18. The molecule has 0 bridgehead atoms. The number of ether oxygens (including phenoxy) is 1. The lowest BCUT2D eigenvalue weighted by atomic mass is 10.0. The molecule has 4 rings (SSSR count). The van der Waals surface area contributed by atoms with Crippen LogP contribution in [0.25, 0.3) is 10.8 Å². The molecule has 0 fully saturated rings. The summed E-state index contributed by atoms with van der Waals surface area (Å²) >= 11 is 5.63. The Morgan fingerprint density at radius 2 is 1.88 bits per heavy atom. The molecule has 162 valence electrons. The molecule has 3 N–H and O–H groups in total. The Hall–Kier alpha value is -3.85. The molecule has 0 saturated heterocycles. The van der Waals surface area contributed by atoms with Crippen molar-refractivity contribution in [2.75, 3.05) is 11.1 Å². The standard InChI is InChI=1S/C22H14ClF3N4O2/c23-18-7-4-13(11-17(18)22(24,25)26)29-20(31)16-3-1-2-12-10-14(5-6-15(12)16)32-19-8-9-28-21(27)30-19/h1-11H,(H,29,31)(H2,27,28,30). The highest BCUT2D eigenvalue weighted by molar-refractivity contribution is 6.31. The number of carbonyl (C=O) groups excluding carboxylic acids is 1. The quantitative estimate of drug-likeness (QED) is 0.395. The summed E-state index contributed by atoms with van der Waals surface area (Å²) in [7, 11) is 0. The SMILES string of the molecule is Nc1nccc(Oc2ccc3c(C(=O)Nc4ccc(Cl)c(C(F)(F)F)c4)cccc3c2)n1. The zero-order chi connectivity index (χ0) is 22.9. The van der Waals surface area contributed by atoms with Crippen LogP contribution in [0.2, 0.25) is 5.02 Å². The average Bonchev–Trinajstić information content (AvgIpc) is 2.73. The molecule has 3 aromatic carbocycles. The monoisotopic (exact) mass is 458 g/mol. The predicted octanol–water partition coefficient (Wildman–Crippen LogP) is 5.93. The molecule has 0 radical (unpaired) electrons. The van der Waals surface area contributed by atoms with Gasteiger partial charge in [-0.1, -0.05) is 23.7 Å². The first-order chi connectivity index (χ1) is 15.2. The van der Waals surface area contributed by atoms with Crippen LogP contribution in [0, 0.1) is 0 Å². The van der Waals surface area contributed by atoms with Crippen LogP contribution in [0.15, 0.2) is 66.9 Å². The Morgan fingerprint density at radius 1 is 1.06 bits per heavy atom. The van der Waals surface area contributed by atoms with Crippen LogP contribution in [0.3, 0.4) is 0 Å². The third kappa shape index (κ3) is 4.57. The van der Waals surface area contributed by atoms with E-state index in [9.17, 15) is 18.0 Å². The van der Waals surface area contributed by atoms with E-state index in [1.807, 2.05) is 0 Å². The number of alkyl halides is 3. The summed E-state index contributed by atoms with van der Waals surface area (Å²) in [5, 5.41) is 3.32. The van der Waals surface area contributed by atoms with Crippen molar-refractivity contribution in [3.8, 4) is 11.6 Å². The van der Waals surface area contributed by atoms with Crippen molar-refractivity contribution in [1.29, 1.82) is 0 Å². The third-order valence-electron chi connectivity index (χ3n) is 4.50. The van der Waals surface area contributed by atoms with Crippen LogP contribution >= 0.6 is 11.6 Å². The Morgan fingerprint density at radius 3 is 2.62 bits per heavy atom. The Bertz CT molecular complexity index is 1330. The number of nitrogens with zero attached hydrogens (tertiary/aromatic N) is 2. The van der Waals surface area contributed by atoms with Crippen LogP contribution in [0.5, 0.6) is 11.6 Å². The molecule has 0 aliphatic rings. The zero-order valence-corrected chi connectivity index (χ0v) is 16.9. The van der Waals surface area contributed by atoms with E-state index < -0.39 is 22.7 Å². The van der Waals surface area contributed by atoms with Gasteiger partial charge in [-0.15, -0.1) is 0 Å². The number of rotatable bonds is 4. The lowest BCUT2D eigenvalue weighted by Crippen LogP contribution is -2.14. The van der Waals surface area contributed by atoms with Gasteiger partial charge in [-0.05, 0) is 53.2 Å². The van der Waals surface area contributed by atoms with Crippen molar-refractivity contribution in [3.63, 3.8) is 0 Å². The van der Waals surface area contributed by atoms with Gasteiger partial charge in [0.2, 0.25) is 11.8 Å². The fourth-order valence-electron chi connectivity index (χ4n) is 3.08. The number of fused-ring (bicyclic) bond motifs is 1. The number of anilines is 2. The van der Waals surface area contributed by atoms with E-state index >= 15 is 0 Å². The lowest BCUT2D eigenvalue weighted by molar-refractivity contribution is -0.137. The maximum atomic E-state index is 13.1. The van der Waals surface area contributed by atoms with Gasteiger partial charge in [0.15, 0.2) is 0 Å². The number of carbonyl (C=O) groups is 1. The molecular formula is C22H14ClF3N4O2. The van der Waals surface area contributed by atoms with Crippen LogP contribution in [-0.4, -0.2) is 15.9 Å². The zero-order valence-electron chi connectivity index (χ0n) is 16.2. The number of hydrogen-bond acceptors (Lipinski definition) is 5. The van der Waals surface area contributed by atoms with Gasteiger partial charge in [0.05, 0.1) is 10.6 Å². The molecule has 1 amide bonds. The van der Waals surface area contributed by atoms with Crippen molar-refractivity contribution in [2.45, 2.75) is 6.18 Å². The number of nitrogen functional groups attached to an aromatic ring is 1. The second-order valence-corrected chi connectivity index (χ2v) is 7.10. The highest BCUT2D eigenvalue weighted by Gasteiger charge is 2.33. The fourth-order valence-corrected chi connectivity index (χ4v) is 3.30. The molecule has 0 atom stereocenters. The van der Waals surface area contributed by atoms with Crippen molar-refractivity contribution < 1.29 is 22.7 Å². The normalized spacial score (nSPS) is 11.4.